The molecule has 0 atom stereocenters. The van der Waals surface area contributed by atoms with Crippen LogP contribution in [0.5, 0.6) is 5.75 Å². The summed E-state index contributed by atoms with van der Waals surface area (Å²) >= 11 is 5.89. The van der Waals surface area contributed by atoms with Crippen LogP contribution in [0.4, 0.5) is 0 Å². The van der Waals surface area contributed by atoms with E-state index in [2.05, 4.69) is 15.5 Å². The number of ether oxygens (including phenoxy) is 2. The average molecular weight is 388 g/mol. The van der Waals surface area contributed by atoms with Gasteiger partial charge in [-0.2, -0.15) is 4.98 Å². The number of hydrogen-bond acceptors (Lipinski definition) is 6. The molecule has 0 aliphatic rings. The van der Waals surface area contributed by atoms with Crippen LogP contribution in [0, 0.1) is 0 Å². The van der Waals surface area contributed by atoms with Crippen molar-refractivity contribution in [3.63, 3.8) is 0 Å². The van der Waals surface area contributed by atoms with Crippen LogP contribution in [-0.2, 0) is 17.7 Å². The lowest BCUT2D eigenvalue weighted by molar-refractivity contribution is 0.146. The third kappa shape index (κ3) is 6.06. The molecule has 3 aromatic rings. The highest BCUT2D eigenvalue weighted by Gasteiger charge is 2.08. The van der Waals surface area contributed by atoms with Crippen LogP contribution >= 0.6 is 11.6 Å². The fourth-order valence-corrected chi connectivity index (χ4v) is 2.57. The molecule has 0 spiro atoms. The number of hydrogen-bond donors (Lipinski definition) is 1. The van der Waals surface area contributed by atoms with Gasteiger partial charge in [-0.1, -0.05) is 28.9 Å². The second kappa shape index (κ2) is 10.1. The molecule has 0 radical (unpaired) electrons. The standard InChI is InChI=1S/C20H22ClN3O3/c1-25-12-13-26-18-8-2-15(3-9-18)14-22-11-10-19-23-20(24-27-19)16-4-6-17(21)7-5-16/h2-9,22H,10-14H2,1H3. The Morgan fingerprint density at radius 3 is 2.56 bits per heavy atom. The van der Waals surface area contributed by atoms with E-state index >= 15 is 0 Å². The Labute approximate surface area is 163 Å². The number of rotatable bonds is 10. The topological polar surface area (TPSA) is 69.4 Å². The molecule has 0 saturated heterocycles. The molecule has 7 heteroatoms. The van der Waals surface area contributed by atoms with Crippen molar-refractivity contribution >= 4 is 11.6 Å². The fraction of sp³-hybridized carbons (Fsp3) is 0.300. The van der Waals surface area contributed by atoms with E-state index in [0.717, 1.165) is 24.4 Å². The Bertz CT molecular complexity index is 819. The van der Waals surface area contributed by atoms with Gasteiger partial charge in [0, 0.05) is 37.2 Å². The molecule has 0 bridgehead atoms. The Morgan fingerprint density at radius 1 is 1.04 bits per heavy atom. The third-order valence-corrected chi connectivity index (χ3v) is 4.15. The zero-order valence-electron chi connectivity index (χ0n) is 15.2. The minimum absolute atomic E-state index is 0.552. The molecule has 1 N–H and O–H groups in total. The SMILES string of the molecule is COCCOc1ccc(CNCCc2nc(-c3ccc(Cl)cc3)no2)cc1. The quantitative estimate of drug-likeness (QED) is 0.534. The normalized spacial score (nSPS) is 10.9. The van der Waals surface area contributed by atoms with Crippen LogP contribution in [0.3, 0.4) is 0 Å². The second-order valence-corrected chi connectivity index (χ2v) is 6.37. The number of halogens is 1. The van der Waals surface area contributed by atoms with Gasteiger partial charge in [0.2, 0.25) is 11.7 Å². The van der Waals surface area contributed by atoms with Gasteiger partial charge in [-0.15, -0.1) is 0 Å². The zero-order valence-corrected chi connectivity index (χ0v) is 15.9. The molecule has 27 heavy (non-hydrogen) atoms. The minimum atomic E-state index is 0.552. The molecule has 3 rings (SSSR count). The first kappa shape index (κ1) is 19.4. The summed E-state index contributed by atoms with van der Waals surface area (Å²) in [5, 5.41) is 8.07. The third-order valence-electron chi connectivity index (χ3n) is 3.89. The summed E-state index contributed by atoms with van der Waals surface area (Å²) in [6.07, 6.45) is 0.665. The van der Waals surface area contributed by atoms with Crippen molar-refractivity contribution in [1.29, 1.82) is 0 Å². The van der Waals surface area contributed by atoms with Crippen LogP contribution in [0.25, 0.3) is 11.4 Å². The fourth-order valence-electron chi connectivity index (χ4n) is 2.45. The second-order valence-electron chi connectivity index (χ2n) is 5.93. The molecule has 0 aliphatic heterocycles. The van der Waals surface area contributed by atoms with E-state index in [-0.39, 0.29) is 0 Å². The van der Waals surface area contributed by atoms with Crippen LogP contribution in [0.2, 0.25) is 5.02 Å². The van der Waals surface area contributed by atoms with Crippen molar-refractivity contribution in [1.82, 2.24) is 15.5 Å². The maximum absolute atomic E-state index is 5.89. The maximum atomic E-state index is 5.89. The Morgan fingerprint density at radius 2 is 1.81 bits per heavy atom. The molecular weight excluding hydrogens is 366 g/mol. The summed E-state index contributed by atoms with van der Waals surface area (Å²) in [6.45, 7) is 2.64. The van der Waals surface area contributed by atoms with Crippen molar-refractivity contribution in [2.45, 2.75) is 13.0 Å². The van der Waals surface area contributed by atoms with Crippen molar-refractivity contribution in [2.24, 2.45) is 0 Å². The maximum Gasteiger partial charge on any atom is 0.228 e. The smallest absolute Gasteiger partial charge is 0.228 e. The van der Waals surface area contributed by atoms with Crippen LogP contribution in [0.1, 0.15) is 11.5 Å². The van der Waals surface area contributed by atoms with Gasteiger partial charge < -0.3 is 19.3 Å². The highest BCUT2D eigenvalue weighted by molar-refractivity contribution is 6.30. The van der Waals surface area contributed by atoms with Crippen molar-refractivity contribution in [3.8, 4) is 17.1 Å². The van der Waals surface area contributed by atoms with Gasteiger partial charge in [0.15, 0.2) is 0 Å². The predicted octanol–water partition coefficient (Wildman–Crippen LogP) is 3.75. The summed E-state index contributed by atoms with van der Waals surface area (Å²) in [6, 6.07) is 15.4. The first-order valence-corrected chi connectivity index (χ1v) is 9.12. The number of benzene rings is 2. The van der Waals surface area contributed by atoms with E-state index in [9.17, 15) is 0 Å². The van der Waals surface area contributed by atoms with Crippen LogP contribution in [-0.4, -0.2) is 37.0 Å². The molecule has 1 aromatic heterocycles. The first-order chi connectivity index (χ1) is 13.2. The van der Waals surface area contributed by atoms with E-state index in [1.807, 2.05) is 48.5 Å². The minimum Gasteiger partial charge on any atom is -0.491 e. The summed E-state index contributed by atoms with van der Waals surface area (Å²) < 4.78 is 15.8. The molecule has 0 amide bonds. The largest absolute Gasteiger partial charge is 0.491 e. The summed E-state index contributed by atoms with van der Waals surface area (Å²) in [7, 11) is 1.66. The molecule has 2 aromatic carbocycles. The van der Waals surface area contributed by atoms with Gasteiger partial charge in [-0.25, -0.2) is 0 Å². The van der Waals surface area contributed by atoms with Crippen molar-refractivity contribution < 1.29 is 14.0 Å². The lowest BCUT2D eigenvalue weighted by Gasteiger charge is -2.07. The number of aromatic nitrogens is 2. The number of nitrogens with zero attached hydrogens (tertiary/aromatic N) is 2. The molecule has 0 saturated carbocycles. The summed E-state index contributed by atoms with van der Waals surface area (Å²) in [4.78, 5) is 4.41. The molecule has 1 heterocycles. The van der Waals surface area contributed by atoms with Gasteiger partial charge in [-0.3, -0.25) is 0 Å². The molecule has 142 valence electrons. The highest BCUT2D eigenvalue weighted by Crippen LogP contribution is 2.18. The molecule has 0 fully saturated rings. The monoisotopic (exact) mass is 387 g/mol. The Balaban J connectivity index is 1.41. The van der Waals surface area contributed by atoms with Crippen LogP contribution < -0.4 is 10.1 Å². The summed E-state index contributed by atoms with van der Waals surface area (Å²) in [5.41, 5.74) is 2.07. The molecule has 6 nitrogen and oxygen atoms in total. The van der Waals surface area contributed by atoms with Gasteiger partial charge in [0.25, 0.3) is 0 Å². The van der Waals surface area contributed by atoms with Gasteiger partial charge >= 0.3 is 0 Å². The lowest BCUT2D eigenvalue weighted by Crippen LogP contribution is -2.16. The highest BCUT2D eigenvalue weighted by atomic mass is 35.5. The van der Waals surface area contributed by atoms with Gasteiger partial charge in [-0.05, 0) is 42.0 Å². The van der Waals surface area contributed by atoms with E-state index in [0.29, 0.717) is 36.4 Å². The number of methoxy groups -OCH3 is 1. The van der Waals surface area contributed by atoms with Crippen molar-refractivity contribution in [2.75, 3.05) is 26.9 Å². The Hall–Kier alpha value is -2.41. The molecule has 0 aliphatic carbocycles. The van der Waals surface area contributed by atoms with Crippen LogP contribution in [0.15, 0.2) is 53.1 Å². The molecular formula is C20H22ClN3O3. The van der Waals surface area contributed by atoms with E-state index in [1.165, 1.54) is 5.56 Å². The number of nitrogens with one attached hydrogen (secondary N) is 1. The van der Waals surface area contributed by atoms with Gasteiger partial charge in [0.05, 0.1) is 6.61 Å². The summed E-state index contributed by atoms with van der Waals surface area (Å²) in [5.74, 6) is 2.02. The molecule has 0 unspecified atom stereocenters. The van der Waals surface area contributed by atoms with E-state index in [1.54, 1.807) is 7.11 Å². The predicted molar refractivity (Wildman–Crippen MR) is 104 cm³/mol. The lowest BCUT2D eigenvalue weighted by atomic mass is 10.2. The zero-order chi connectivity index (χ0) is 18.9. The van der Waals surface area contributed by atoms with E-state index < -0.39 is 0 Å². The van der Waals surface area contributed by atoms with Crippen molar-refractivity contribution in [3.05, 3.63) is 65.0 Å². The average Bonchev–Trinajstić information content (AvgIpc) is 3.16. The first-order valence-electron chi connectivity index (χ1n) is 8.74. The Kier molecular flexibility index (Phi) is 7.21. The van der Waals surface area contributed by atoms with Gasteiger partial charge in [0.1, 0.15) is 12.4 Å². The van der Waals surface area contributed by atoms with E-state index in [4.69, 9.17) is 25.6 Å².